The van der Waals surface area contributed by atoms with Crippen molar-refractivity contribution in [3.05, 3.63) is 54.2 Å². The minimum Gasteiger partial charge on any atom is -0.494 e. The highest BCUT2D eigenvalue weighted by Crippen LogP contribution is 2.38. The molecule has 4 heterocycles. The van der Waals surface area contributed by atoms with Crippen LogP contribution in [0.4, 0.5) is 14.6 Å². The number of benzene rings is 1. The van der Waals surface area contributed by atoms with Gasteiger partial charge in [0.05, 0.1) is 19.0 Å². The molecule has 0 spiro atoms. The summed E-state index contributed by atoms with van der Waals surface area (Å²) in [6.45, 7) is 3.60. The van der Waals surface area contributed by atoms with E-state index in [4.69, 9.17) is 4.74 Å². The van der Waals surface area contributed by atoms with Gasteiger partial charge < -0.3 is 9.64 Å². The van der Waals surface area contributed by atoms with Crippen molar-refractivity contribution in [1.29, 1.82) is 0 Å². The molecule has 5 rings (SSSR count). The van der Waals surface area contributed by atoms with Crippen molar-refractivity contribution >= 4 is 22.4 Å². The van der Waals surface area contributed by atoms with Crippen LogP contribution in [0.15, 0.2) is 42.9 Å². The van der Waals surface area contributed by atoms with Gasteiger partial charge in [-0.05, 0) is 18.4 Å². The van der Waals surface area contributed by atoms with Crippen LogP contribution in [0.2, 0.25) is 0 Å². The second-order valence-electron chi connectivity index (χ2n) is 7.89. The number of methoxy groups -OCH3 is 1. The molecule has 1 saturated heterocycles. The van der Waals surface area contributed by atoms with Crippen LogP contribution in [0.1, 0.15) is 37.1 Å². The first-order valence-corrected chi connectivity index (χ1v) is 10.2. The number of hydrogen-bond donors (Lipinski definition) is 0. The molecule has 9 heteroatoms. The van der Waals surface area contributed by atoms with Gasteiger partial charge in [-0.2, -0.15) is 10.1 Å². The molecule has 31 heavy (non-hydrogen) atoms. The van der Waals surface area contributed by atoms with Crippen LogP contribution in [-0.4, -0.2) is 44.8 Å². The van der Waals surface area contributed by atoms with Gasteiger partial charge in [0, 0.05) is 29.8 Å². The number of alkyl halides is 2. The Morgan fingerprint density at radius 1 is 1.16 bits per heavy atom. The highest BCUT2D eigenvalue weighted by Gasteiger charge is 2.32. The Hall–Kier alpha value is -3.36. The Morgan fingerprint density at radius 3 is 2.74 bits per heavy atom. The normalized spacial score (nSPS) is 19.5. The maximum atomic E-state index is 13.5. The van der Waals surface area contributed by atoms with Crippen molar-refractivity contribution in [1.82, 2.24) is 24.6 Å². The summed E-state index contributed by atoms with van der Waals surface area (Å²) in [5, 5.41) is 6.24. The van der Waals surface area contributed by atoms with E-state index in [1.807, 2.05) is 24.3 Å². The van der Waals surface area contributed by atoms with E-state index >= 15 is 0 Å². The van der Waals surface area contributed by atoms with Gasteiger partial charge in [0.25, 0.3) is 12.2 Å². The molecular formula is C22H22F2N6O. The quantitative estimate of drug-likeness (QED) is 0.488. The molecule has 2 atom stereocenters. The summed E-state index contributed by atoms with van der Waals surface area (Å²) < 4.78 is 34.0. The maximum absolute atomic E-state index is 13.5. The second kappa shape index (κ2) is 7.72. The van der Waals surface area contributed by atoms with E-state index in [0.29, 0.717) is 12.2 Å². The van der Waals surface area contributed by atoms with E-state index in [0.717, 1.165) is 35.3 Å². The molecule has 1 fully saturated rings. The third kappa shape index (κ3) is 3.34. The molecule has 1 aromatic carbocycles. The fraction of sp³-hybridized carbons (Fsp3) is 0.364. The topological polar surface area (TPSA) is 68.4 Å². The van der Waals surface area contributed by atoms with E-state index in [2.05, 4.69) is 31.9 Å². The lowest BCUT2D eigenvalue weighted by molar-refractivity contribution is 0.146. The lowest BCUT2D eigenvalue weighted by atomic mass is 9.84. The lowest BCUT2D eigenvalue weighted by Crippen LogP contribution is -2.39. The first-order valence-electron chi connectivity index (χ1n) is 10.2. The Labute approximate surface area is 177 Å². The number of aromatic nitrogens is 5. The first kappa shape index (κ1) is 19.6. The summed E-state index contributed by atoms with van der Waals surface area (Å²) in [4.78, 5) is 14.9. The number of ether oxygens (including phenoxy) is 1. The second-order valence-corrected chi connectivity index (χ2v) is 7.89. The zero-order valence-electron chi connectivity index (χ0n) is 17.2. The molecule has 4 aromatic rings. The fourth-order valence-electron chi connectivity index (χ4n) is 4.44. The Kier molecular flexibility index (Phi) is 4.88. The third-order valence-corrected chi connectivity index (χ3v) is 6.12. The van der Waals surface area contributed by atoms with Crippen molar-refractivity contribution in [2.75, 3.05) is 25.1 Å². The van der Waals surface area contributed by atoms with Gasteiger partial charge in [-0.3, -0.25) is 0 Å². The highest BCUT2D eigenvalue weighted by atomic mass is 19.3. The molecular weight excluding hydrogens is 402 g/mol. The van der Waals surface area contributed by atoms with Crippen LogP contribution in [0.25, 0.3) is 16.6 Å². The summed E-state index contributed by atoms with van der Waals surface area (Å²) in [5.74, 6) is 2.04. The van der Waals surface area contributed by atoms with Gasteiger partial charge in [-0.15, -0.1) is 0 Å². The van der Waals surface area contributed by atoms with Crippen molar-refractivity contribution in [2.24, 2.45) is 5.92 Å². The summed E-state index contributed by atoms with van der Waals surface area (Å²) >= 11 is 0. The minimum absolute atomic E-state index is 0.0267. The van der Waals surface area contributed by atoms with Gasteiger partial charge in [-0.1, -0.05) is 31.2 Å². The van der Waals surface area contributed by atoms with Crippen LogP contribution in [0.5, 0.6) is 5.75 Å². The number of halogens is 2. The first-order chi connectivity index (χ1) is 15.1. The van der Waals surface area contributed by atoms with Gasteiger partial charge in [0.15, 0.2) is 0 Å². The summed E-state index contributed by atoms with van der Waals surface area (Å²) in [6.07, 6.45) is 1.32. The molecule has 0 radical (unpaired) electrons. The third-order valence-electron chi connectivity index (χ3n) is 6.12. The number of hydrogen-bond acceptors (Lipinski definition) is 6. The molecule has 0 N–H and O–H groups in total. The number of pyridine rings is 1. The summed E-state index contributed by atoms with van der Waals surface area (Å²) in [5.41, 5.74) is 0.431. The number of piperidine rings is 1. The zero-order valence-corrected chi connectivity index (χ0v) is 17.2. The van der Waals surface area contributed by atoms with Crippen molar-refractivity contribution in [3.8, 4) is 5.75 Å². The van der Waals surface area contributed by atoms with Crippen LogP contribution >= 0.6 is 0 Å². The Morgan fingerprint density at radius 2 is 1.97 bits per heavy atom. The number of nitrogens with zero attached hydrogens (tertiary/aromatic N) is 6. The molecule has 0 bridgehead atoms. The molecule has 1 aliphatic rings. The summed E-state index contributed by atoms with van der Waals surface area (Å²) in [6, 6.07) is 9.47. The maximum Gasteiger partial charge on any atom is 0.280 e. The predicted octanol–water partition coefficient (Wildman–Crippen LogP) is 4.25. The molecule has 1 unspecified atom stereocenters. The van der Waals surface area contributed by atoms with Gasteiger partial charge in [-0.25, -0.2) is 23.3 Å². The molecule has 7 nitrogen and oxygen atoms in total. The van der Waals surface area contributed by atoms with E-state index in [-0.39, 0.29) is 23.3 Å². The SMILES string of the molecule is COc1cnc(N2CC[C@@H](C)C(c3cc(C(F)F)nc4ncnn34)C2)c2ccccc12. The summed E-state index contributed by atoms with van der Waals surface area (Å²) in [7, 11) is 1.63. The Balaban J connectivity index is 1.58. The van der Waals surface area contributed by atoms with Gasteiger partial charge >= 0.3 is 0 Å². The molecule has 0 aliphatic carbocycles. The van der Waals surface area contributed by atoms with Gasteiger partial charge in [0.1, 0.15) is 23.6 Å². The monoisotopic (exact) mass is 424 g/mol. The average molecular weight is 424 g/mol. The molecule has 1 aliphatic heterocycles. The van der Waals surface area contributed by atoms with Crippen LogP contribution in [0.3, 0.4) is 0 Å². The molecule has 0 amide bonds. The predicted molar refractivity (Wildman–Crippen MR) is 113 cm³/mol. The zero-order chi connectivity index (χ0) is 21.5. The lowest BCUT2D eigenvalue weighted by Gasteiger charge is -2.38. The van der Waals surface area contributed by atoms with Crippen molar-refractivity contribution < 1.29 is 13.5 Å². The van der Waals surface area contributed by atoms with Gasteiger partial charge in [0.2, 0.25) is 0 Å². The van der Waals surface area contributed by atoms with Crippen molar-refractivity contribution in [2.45, 2.75) is 25.7 Å². The number of rotatable bonds is 4. The van der Waals surface area contributed by atoms with Crippen LogP contribution in [-0.2, 0) is 0 Å². The van der Waals surface area contributed by atoms with Crippen LogP contribution < -0.4 is 9.64 Å². The largest absolute Gasteiger partial charge is 0.494 e. The fourth-order valence-corrected chi connectivity index (χ4v) is 4.44. The molecule has 160 valence electrons. The number of anilines is 1. The minimum atomic E-state index is -2.66. The van der Waals surface area contributed by atoms with Crippen LogP contribution in [0, 0.1) is 5.92 Å². The standard InChI is InChI=1S/C22H22F2N6O/c1-13-7-8-29(21-15-6-4-3-5-14(15)19(31-2)10-25-21)11-16(13)18-9-17(20(23)24)28-22-26-12-27-30(18)22/h3-6,9-10,12-13,16,20H,7-8,11H2,1-2H3/t13-,16?/m1/s1. The van der Waals surface area contributed by atoms with E-state index < -0.39 is 6.43 Å². The average Bonchev–Trinajstić information content (AvgIpc) is 3.27. The molecule has 0 saturated carbocycles. The van der Waals surface area contributed by atoms with E-state index in [1.165, 1.54) is 12.4 Å². The Bertz CT molecular complexity index is 1240. The van der Waals surface area contributed by atoms with E-state index in [9.17, 15) is 8.78 Å². The number of fused-ring (bicyclic) bond motifs is 2. The smallest absolute Gasteiger partial charge is 0.280 e. The van der Waals surface area contributed by atoms with E-state index in [1.54, 1.807) is 17.8 Å². The molecule has 3 aromatic heterocycles. The highest BCUT2D eigenvalue weighted by molar-refractivity contribution is 5.96. The van der Waals surface area contributed by atoms with Crippen molar-refractivity contribution in [3.63, 3.8) is 0 Å².